The molecule has 1 rings (SSSR count). The molecule has 0 spiro atoms. The van der Waals surface area contributed by atoms with Crippen LogP contribution in [0.5, 0.6) is 0 Å². The van der Waals surface area contributed by atoms with Crippen molar-refractivity contribution in [1.29, 1.82) is 0 Å². The number of hydrogen-bond donors (Lipinski definition) is 3. The van der Waals surface area contributed by atoms with Crippen molar-refractivity contribution in [1.82, 2.24) is 15.5 Å². The second kappa shape index (κ2) is 15.2. The number of hydrogen-bond acceptors (Lipinski definition) is 7. The number of nitrogens with zero attached hydrogens (tertiary/aromatic N) is 1. The van der Waals surface area contributed by atoms with E-state index in [1.54, 1.807) is 32.9 Å². The molecule has 0 aliphatic heterocycles. The molecule has 3 amide bonds. The van der Waals surface area contributed by atoms with Crippen LogP contribution in [0.1, 0.15) is 76.1 Å². The van der Waals surface area contributed by atoms with Crippen LogP contribution >= 0.6 is 0 Å². The lowest BCUT2D eigenvalue weighted by Crippen LogP contribution is -2.55. The minimum atomic E-state index is -1.33. The molecule has 37 heavy (non-hydrogen) atoms. The van der Waals surface area contributed by atoms with Crippen LogP contribution in [0.4, 0.5) is 4.79 Å². The minimum absolute atomic E-state index is 0.203. The van der Waals surface area contributed by atoms with Crippen LogP contribution in [-0.4, -0.2) is 72.3 Å². The summed E-state index contributed by atoms with van der Waals surface area (Å²) in [7, 11) is 1.22. The van der Waals surface area contributed by atoms with E-state index in [9.17, 15) is 24.3 Å². The van der Waals surface area contributed by atoms with Crippen LogP contribution in [0, 0.1) is 13.8 Å². The number of methoxy groups -OCH3 is 1. The molecule has 0 fully saturated rings. The molecule has 0 aliphatic rings. The number of aryl methyl sites for hydroxylation is 1. The lowest BCUT2D eigenvalue weighted by atomic mass is 9.94. The maximum Gasteiger partial charge on any atom is 0.408 e. The summed E-state index contributed by atoms with van der Waals surface area (Å²) in [6, 6.07) is 3.01. The zero-order valence-corrected chi connectivity index (χ0v) is 23.2. The van der Waals surface area contributed by atoms with Gasteiger partial charge in [-0.05, 0) is 57.7 Å². The van der Waals surface area contributed by atoms with Gasteiger partial charge in [0, 0.05) is 6.54 Å². The van der Waals surface area contributed by atoms with Gasteiger partial charge in [0.1, 0.15) is 24.2 Å². The second-order valence-corrected chi connectivity index (χ2v) is 9.96. The van der Waals surface area contributed by atoms with Gasteiger partial charge in [0.15, 0.2) is 0 Å². The zero-order valence-electron chi connectivity index (χ0n) is 23.2. The average molecular weight is 522 g/mol. The van der Waals surface area contributed by atoms with Gasteiger partial charge in [0.2, 0.25) is 11.8 Å². The molecule has 3 N–H and O–H groups in total. The van der Waals surface area contributed by atoms with Crippen molar-refractivity contribution >= 4 is 23.9 Å². The van der Waals surface area contributed by atoms with E-state index in [0.29, 0.717) is 12.0 Å². The summed E-state index contributed by atoms with van der Waals surface area (Å²) in [4.78, 5) is 52.7. The van der Waals surface area contributed by atoms with Gasteiger partial charge < -0.3 is 30.1 Å². The maximum absolute atomic E-state index is 13.8. The third-order valence-corrected chi connectivity index (χ3v) is 5.84. The van der Waals surface area contributed by atoms with Gasteiger partial charge in [-0.1, -0.05) is 44.4 Å². The van der Waals surface area contributed by atoms with Crippen LogP contribution in [0.25, 0.3) is 0 Å². The van der Waals surface area contributed by atoms with E-state index < -0.39 is 48.2 Å². The average Bonchev–Trinajstić information content (AvgIpc) is 2.83. The number of benzene rings is 1. The summed E-state index contributed by atoms with van der Waals surface area (Å²) in [5.41, 5.74) is 1.52. The number of unbranched alkanes of at least 4 members (excludes halogenated alkanes) is 3. The Morgan fingerprint density at radius 2 is 1.76 bits per heavy atom. The van der Waals surface area contributed by atoms with E-state index in [4.69, 9.17) is 4.74 Å². The number of aliphatic hydroxyl groups excluding tert-OH is 1. The molecular formula is C27H43N3O7. The number of ether oxygens (including phenoxy) is 2. The first-order valence-corrected chi connectivity index (χ1v) is 12.7. The molecule has 0 aliphatic carbocycles. The van der Waals surface area contributed by atoms with Crippen molar-refractivity contribution in [3.63, 3.8) is 0 Å². The third-order valence-electron chi connectivity index (χ3n) is 5.84. The van der Waals surface area contributed by atoms with Gasteiger partial charge >= 0.3 is 12.1 Å². The number of carbonyl (C=O) groups is 4. The fraction of sp³-hybridized carbons (Fsp3) is 0.630. The molecule has 10 heteroatoms. The lowest BCUT2D eigenvalue weighted by Gasteiger charge is -2.35. The van der Waals surface area contributed by atoms with Crippen LogP contribution in [0.3, 0.4) is 0 Å². The van der Waals surface area contributed by atoms with Gasteiger partial charge in [0.25, 0.3) is 0 Å². The molecule has 1 aromatic carbocycles. The highest BCUT2D eigenvalue weighted by atomic mass is 16.6. The maximum atomic E-state index is 13.8. The summed E-state index contributed by atoms with van der Waals surface area (Å²) >= 11 is 0. The van der Waals surface area contributed by atoms with Crippen molar-refractivity contribution in [3.05, 3.63) is 34.9 Å². The molecule has 2 atom stereocenters. The van der Waals surface area contributed by atoms with Gasteiger partial charge in [0.05, 0.1) is 13.7 Å². The number of aliphatic hydroxyl groups is 1. The summed E-state index contributed by atoms with van der Waals surface area (Å²) in [5, 5.41) is 15.0. The summed E-state index contributed by atoms with van der Waals surface area (Å²) in [5.74, 6) is -1.84. The Labute approximate surface area is 220 Å². The van der Waals surface area contributed by atoms with E-state index in [1.807, 2.05) is 19.9 Å². The molecule has 2 unspecified atom stereocenters. The van der Waals surface area contributed by atoms with Crippen molar-refractivity contribution < 1.29 is 33.8 Å². The fourth-order valence-corrected chi connectivity index (χ4v) is 3.76. The standard InChI is InChI=1S/C27H43N3O7/c1-8-9-10-11-15-30(25(34)21(17-31)29-26(35)37-27(4,5)6)23(24(33)28-16-22(32)36-7)20-14-12-13-18(2)19(20)3/h12-14,21,23,31H,8-11,15-17H2,1-7H3,(H,28,33)(H,29,35). The van der Waals surface area contributed by atoms with Gasteiger partial charge in [-0.2, -0.15) is 0 Å². The Hall–Kier alpha value is -3.14. The van der Waals surface area contributed by atoms with E-state index in [0.717, 1.165) is 30.4 Å². The fourth-order valence-electron chi connectivity index (χ4n) is 3.76. The third kappa shape index (κ3) is 10.4. The van der Waals surface area contributed by atoms with Crippen molar-refractivity contribution in [3.8, 4) is 0 Å². The number of esters is 1. The summed E-state index contributed by atoms with van der Waals surface area (Å²) in [6.07, 6.45) is 2.50. The van der Waals surface area contributed by atoms with E-state index in [2.05, 4.69) is 22.3 Å². The van der Waals surface area contributed by atoms with Crippen LogP contribution in [0.2, 0.25) is 0 Å². The van der Waals surface area contributed by atoms with Crippen LogP contribution < -0.4 is 10.6 Å². The molecule has 208 valence electrons. The molecule has 0 radical (unpaired) electrons. The first kappa shape index (κ1) is 31.9. The number of amides is 3. The molecule has 1 aromatic rings. The second-order valence-electron chi connectivity index (χ2n) is 9.96. The predicted molar refractivity (Wildman–Crippen MR) is 140 cm³/mol. The van der Waals surface area contributed by atoms with Gasteiger partial charge in [-0.25, -0.2) is 4.79 Å². The monoisotopic (exact) mass is 521 g/mol. The molecule has 0 bridgehead atoms. The Morgan fingerprint density at radius 3 is 2.32 bits per heavy atom. The lowest BCUT2D eigenvalue weighted by molar-refractivity contribution is -0.145. The molecule has 10 nitrogen and oxygen atoms in total. The largest absolute Gasteiger partial charge is 0.468 e. The molecule has 0 saturated heterocycles. The van der Waals surface area contributed by atoms with Crippen molar-refractivity contribution in [2.45, 2.75) is 84.9 Å². The Morgan fingerprint density at radius 1 is 1.08 bits per heavy atom. The van der Waals surface area contributed by atoms with Gasteiger partial charge in [-0.3, -0.25) is 14.4 Å². The quantitative estimate of drug-likeness (QED) is 0.268. The zero-order chi connectivity index (χ0) is 28.2. The SMILES string of the molecule is CCCCCCN(C(=O)C(CO)NC(=O)OC(C)(C)C)C(C(=O)NCC(=O)OC)c1cccc(C)c1C. The van der Waals surface area contributed by atoms with Gasteiger partial charge in [-0.15, -0.1) is 0 Å². The highest BCUT2D eigenvalue weighted by Crippen LogP contribution is 2.28. The van der Waals surface area contributed by atoms with E-state index in [-0.39, 0.29) is 13.1 Å². The summed E-state index contributed by atoms with van der Waals surface area (Å²) < 4.78 is 9.89. The highest BCUT2D eigenvalue weighted by molar-refractivity contribution is 5.93. The number of nitrogens with one attached hydrogen (secondary N) is 2. The van der Waals surface area contributed by atoms with Crippen molar-refractivity contribution in [2.24, 2.45) is 0 Å². The normalized spacial score (nSPS) is 12.8. The Balaban J connectivity index is 3.46. The first-order valence-electron chi connectivity index (χ1n) is 12.7. The summed E-state index contributed by atoms with van der Waals surface area (Å²) in [6.45, 7) is 10.0. The first-order chi connectivity index (χ1) is 17.4. The van der Waals surface area contributed by atoms with Crippen molar-refractivity contribution in [2.75, 3.05) is 26.8 Å². The number of alkyl carbamates (subject to hydrolysis) is 1. The molecule has 0 heterocycles. The molecular weight excluding hydrogens is 478 g/mol. The minimum Gasteiger partial charge on any atom is -0.468 e. The number of rotatable bonds is 13. The highest BCUT2D eigenvalue weighted by Gasteiger charge is 2.36. The Bertz CT molecular complexity index is 927. The van der Waals surface area contributed by atoms with Crippen LogP contribution in [-0.2, 0) is 23.9 Å². The smallest absolute Gasteiger partial charge is 0.408 e. The number of carbonyl (C=O) groups excluding carboxylic acids is 4. The Kier molecular flexibility index (Phi) is 13.1. The molecule has 0 saturated carbocycles. The predicted octanol–water partition coefficient (Wildman–Crippen LogP) is 2.93. The topological polar surface area (TPSA) is 134 Å². The van der Waals surface area contributed by atoms with Crippen LogP contribution in [0.15, 0.2) is 18.2 Å². The molecule has 0 aromatic heterocycles. The van der Waals surface area contributed by atoms with E-state index in [1.165, 1.54) is 12.0 Å². The van der Waals surface area contributed by atoms with E-state index >= 15 is 0 Å².